The zero-order valence-corrected chi connectivity index (χ0v) is 16.1. The normalized spacial score (nSPS) is 10.4. The number of carbonyl (C=O) groups excluding carboxylic acids is 1. The molecule has 3 nitrogen and oxygen atoms in total. The van der Waals surface area contributed by atoms with Crippen LogP contribution in [0.25, 0.3) is 11.1 Å². The SMILES string of the molecule is COc1ccc(CCC(=O)Nc2ccccc2-c2ccccc2)cc1Br. The first-order chi connectivity index (χ1) is 12.7. The second kappa shape index (κ2) is 8.68. The summed E-state index contributed by atoms with van der Waals surface area (Å²) in [6.07, 6.45) is 1.09. The number of hydrogen-bond donors (Lipinski definition) is 1. The molecule has 1 amide bonds. The minimum atomic E-state index is 0.000298. The molecule has 3 rings (SSSR count). The Labute approximate surface area is 162 Å². The van der Waals surface area contributed by atoms with Crippen molar-refractivity contribution in [2.45, 2.75) is 12.8 Å². The third-order valence-electron chi connectivity index (χ3n) is 4.14. The Bertz CT molecular complexity index is 894. The molecule has 0 aliphatic carbocycles. The lowest BCUT2D eigenvalue weighted by Gasteiger charge is -2.11. The highest BCUT2D eigenvalue weighted by Gasteiger charge is 2.09. The molecule has 3 aromatic carbocycles. The number of para-hydroxylation sites is 1. The summed E-state index contributed by atoms with van der Waals surface area (Å²) in [5.41, 5.74) is 4.03. The van der Waals surface area contributed by atoms with Crippen molar-refractivity contribution in [1.29, 1.82) is 0 Å². The number of benzene rings is 3. The van der Waals surface area contributed by atoms with E-state index >= 15 is 0 Å². The molecule has 0 spiro atoms. The highest BCUT2D eigenvalue weighted by atomic mass is 79.9. The van der Waals surface area contributed by atoms with Crippen molar-refractivity contribution in [3.05, 3.63) is 82.8 Å². The van der Waals surface area contributed by atoms with E-state index in [1.807, 2.05) is 72.8 Å². The number of methoxy groups -OCH3 is 1. The van der Waals surface area contributed by atoms with Crippen molar-refractivity contribution in [2.24, 2.45) is 0 Å². The Morgan fingerprint density at radius 2 is 1.73 bits per heavy atom. The third-order valence-corrected chi connectivity index (χ3v) is 4.76. The molecular formula is C22H20BrNO2. The predicted molar refractivity (Wildman–Crippen MR) is 110 cm³/mol. The van der Waals surface area contributed by atoms with Crippen LogP contribution in [0.3, 0.4) is 0 Å². The molecule has 0 saturated heterocycles. The smallest absolute Gasteiger partial charge is 0.224 e. The van der Waals surface area contributed by atoms with Gasteiger partial charge in [-0.25, -0.2) is 0 Å². The monoisotopic (exact) mass is 409 g/mol. The maximum atomic E-state index is 12.4. The van der Waals surface area contributed by atoms with Crippen molar-refractivity contribution in [3.8, 4) is 16.9 Å². The van der Waals surface area contributed by atoms with Gasteiger partial charge in [-0.2, -0.15) is 0 Å². The number of amides is 1. The highest BCUT2D eigenvalue weighted by Crippen LogP contribution is 2.28. The number of halogens is 1. The predicted octanol–water partition coefficient (Wildman–Crippen LogP) is 5.70. The molecule has 3 aromatic rings. The van der Waals surface area contributed by atoms with Gasteiger partial charge in [-0.1, -0.05) is 54.6 Å². The van der Waals surface area contributed by atoms with Crippen LogP contribution in [-0.2, 0) is 11.2 Å². The fourth-order valence-electron chi connectivity index (χ4n) is 2.80. The van der Waals surface area contributed by atoms with Gasteiger partial charge in [0.1, 0.15) is 5.75 Å². The Morgan fingerprint density at radius 3 is 2.46 bits per heavy atom. The van der Waals surface area contributed by atoms with Crippen molar-refractivity contribution < 1.29 is 9.53 Å². The Kier molecular flexibility index (Phi) is 6.08. The van der Waals surface area contributed by atoms with Crippen LogP contribution < -0.4 is 10.1 Å². The zero-order valence-electron chi connectivity index (χ0n) is 14.5. The Morgan fingerprint density at radius 1 is 1.00 bits per heavy atom. The van der Waals surface area contributed by atoms with Crippen molar-refractivity contribution in [1.82, 2.24) is 0 Å². The van der Waals surface area contributed by atoms with Gasteiger partial charge in [0.2, 0.25) is 5.91 Å². The van der Waals surface area contributed by atoms with E-state index in [0.29, 0.717) is 12.8 Å². The molecule has 0 heterocycles. The summed E-state index contributed by atoms with van der Waals surface area (Å²) < 4.78 is 6.13. The number of carbonyl (C=O) groups is 1. The van der Waals surface area contributed by atoms with Gasteiger partial charge in [0.15, 0.2) is 0 Å². The van der Waals surface area contributed by atoms with E-state index in [1.54, 1.807) is 7.11 Å². The fraction of sp³-hybridized carbons (Fsp3) is 0.136. The van der Waals surface area contributed by atoms with Gasteiger partial charge in [0.05, 0.1) is 11.6 Å². The van der Waals surface area contributed by atoms with Crippen LogP contribution >= 0.6 is 15.9 Å². The molecule has 132 valence electrons. The molecule has 0 aliphatic heterocycles. The lowest BCUT2D eigenvalue weighted by atomic mass is 10.0. The number of ether oxygens (including phenoxy) is 1. The standard InChI is InChI=1S/C22H20BrNO2/c1-26-21-13-11-16(15-19(21)23)12-14-22(25)24-20-10-6-5-9-18(20)17-7-3-2-4-8-17/h2-11,13,15H,12,14H2,1H3,(H,24,25). The van der Waals surface area contributed by atoms with Crippen LogP contribution in [-0.4, -0.2) is 13.0 Å². The van der Waals surface area contributed by atoms with Crippen LogP contribution in [0.15, 0.2) is 77.3 Å². The molecule has 0 radical (unpaired) electrons. The molecule has 1 N–H and O–H groups in total. The number of rotatable bonds is 6. The van der Waals surface area contributed by atoms with E-state index in [-0.39, 0.29) is 5.91 Å². The number of aryl methyl sites for hydroxylation is 1. The summed E-state index contributed by atoms with van der Waals surface area (Å²) in [6.45, 7) is 0. The summed E-state index contributed by atoms with van der Waals surface area (Å²) >= 11 is 3.48. The van der Waals surface area contributed by atoms with Crippen molar-refractivity contribution in [2.75, 3.05) is 12.4 Å². The number of nitrogens with one attached hydrogen (secondary N) is 1. The largest absolute Gasteiger partial charge is 0.496 e. The summed E-state index contributed by atoms with van der Waals surface area (Å²) in [6, 6.07) is 23.8. The van der Waals surface area contributed by atoms with Crippen molar-refractivity contribution in [3.63, 3.8) is 0 Å². The molecule has 0 fully saturated rings. The molecule has 0 unspecified atom stereocenters. The quantitative estimate of drug-likeness (QED) is 0.567. The Balaban J connectivity index is 1.67. The number of anilines is 1. The molecule has 0 atom stereocenters. The van der Waals surface area contributed by atoms with Crippen LogP contribution in [0.2, 0.25) is 0 Å². The van der Waals surface area contributed by atoms with E-state index in [2.05, 4.69) is 21.2 Å². The second-order valence-corrected chi connectivity index (χ2v) is 6.78. The van der Waals surface area contributed by atoms with Crippen LogP contribution in [0.1, 0.15) is 12.0 Å². The minimum absolute atomic E-state index is 0.000298. The third kappa shape index (κ3) is 4.52. The first-order valence-corrected chi connectivity index (χ1v) is 9.23. The first-order valence-electron chi connectivity index (χ1n) is 8.44. The maximum absolute atomic E-state index is 12.4. The molecule has 26 heavy (non-hydrogen) atoms. The minimum Gasteiger partial charge on any atom is -0.496 e. The summed E-state index contributed by atoms with van der Waals surface area (Å²) in [7, 11) is 1.64. The first kappa shape index (κ1) is 18.2. The molecule has 0 bridgehead atoms. The van der Waals surface area contributed by atoms with Gasteiger partial charge in [-0.15, -0.1) is 0 Å². The maximum Gasteiger partial charge on any atom is 0.224 e. The summed E-state index contributed by atoms with van der Waals surface area (Å²) in [4.78, 5) is 12.4. The molecular weight excluding hydrogens is 390 g/mol. The average molecular weight is 410 g/mol. The lowest BCUT2D eigenvalue weighted by Crippen LogP contribution is -2.13. The molecule has 0 aromatic heterocycles. The number of hydrogen-bond acceptors (Lipinski definition) is 2. The molecule has 4 heteroatoms. The van der Waals surface area contributed by atoms with E-state index in [1.165, 1.54) is 0 Å². The zero-order chi connectivity index (χ0) is 18.4. The molecule has 0 saturated carbocycles. The van der Waals surface area contributed by atoms with Gasteiger partial charge >= 0.3 is 0 Å². The summed E-state index contributed by atoms with van der Waals surface area (Å²) in [5.74, 6) is 0.787. The Hall–Kier alpha value is -2.59. The van der Waals surface area contributed by atoms with Gasteiger partial charge in [0, 0.05) is 17.7 Å². The fourth-order valence-corrected chi connectivity index (χ4v) is 3.39. The van der Waals surface area contributed by atoms with Crippen LogP contribution in [0, 0.1) is 0 Å². The van der Waals surface area contributed by atoms with Gasteiger partial charge in [-0.05, 0) is 51.7 Å². The van der Waals surface area contributed by atoms with Gasteiger partial charge in [-0.3, -0.25) is 4.79 Å². The van der Waals surface area contributed by atoms with Crippen LogP contribution in [0.5, 0.6) is 5.75 Å². The van der Waals surface area contributed by atoms with E-state index in [9.17, 15) is 4.79 Å². The highest BCUT2D eigenvalue weighted by molar-refractivity contribution is 9.10. The lowest BCUT2D eigenvalue weighted by molar-refractivity contribution is -0.116. The van der Waals surface area contributed by atoms with E-state index < -0.39 is 0 Å². The molecule has 0 aliphatic rings. The van der Waals surface area contributed by atoms with Gasteiger partial charge < -0.3 is 10.1 Å². The van der Waals surface area contributed by atoms with E-state index in [0.717, 1.165) is 32.6 Å². The van der Waals surface area contributed by atoms with Crippen molar-refractivity contribution >= 4 is 27.5 Å². The van der Waals surface area contributed by atoms with Gasteiger partial charge in [0.25, 0.3) is 0 Å². The van der Waals surface area contributed by atoms with E-state index in [4.69, 9.17) is 4.74 Å². The van der Waals surface area contributed by atoms with Crippen LogP contribution in [0.4, 0.5) is 5.69 Å². The average Bonchev–Trinajstić information content (AvgIpc) is 2.67. The second-order valence-electron chi connectivity index (χ2n) is 5.93. The topological polar surface area (TPSA) is 38.3 Å². The summed E-state index contributed by atoms with van der Waals surface area (Å²) in [5, 5.41) is 3.04.